The van der Waals surface area contributed by atoms with Gasteiger partial charge in [0.25, 0.3) is 0 Å². The van der Waals surface area contributed by atoms with Crippen LogP contribution < -0.4 is 5.32 Å². The molecule has 0 bridgehead atoms. The second-order valence-corrected chi connectivity index (χ2v) is 7.73. The molecule has 0 aliphatic carbocycles. The molecule has 0 unspecified atom stereocenters. The third-order valence-corrected chi connectivity index (χ3v) is 5.69. The van der Waals surface area contributed by atoms with Crippen LogP contribution in [-0.4, -0.2) is 41.7 Å². The second kappa shape index (κ2) is 8.15. The quantitative estimate of drug-likeness (QED) is 0.665. The van der Waals surface area contributed by atoms with Gasteiger partial charge in [-0.25, -0.2) is 4.98 Å². The van der Waals surface area contributed by atoms with E-state index in [-0.39, 0.29) is 5.91 Å². The summed E-state index contributed by atoms with van der Waals surface area (Å²) in [6.07, 6.45) is 3.95. The topological polar surface area (TPSA) is 58.4 Å². The van der Waals surface area contributed by atoms with Gasteiger partial charge in [0.15, 0.2) is 11.5 Å². The van der Waals surface area contributed by atoms with Crippen LogP contribution in [0.25, 0.3) is 11.1 Å². The molecule has 1 amide bonds. The zero-order valence-corrected chi connectivity index (χ0v) is 16.2. The van der Waals surface area contributed by atoms with Crippen LogP contribution in [0.15, 0.2) is 57.8 Å². The van der Waals surface area contributed by atoms with Gasteiger partial charge < -0.3 is 9.73 Å². The number of piperidine rings is 1. The molecule has 0 saturated carbocycles. The van der Waals surface area contributed by atoms with Crippen LogP contribution in [0.2, 0.25) is 0 Å². The van der Waals surface area contributed by atoms with Crippen molar-refractivity contribution in [2.75, 3.05) is 31.2 Å². The van der Waals surface area contributed by atoms with Crippen molar-refractivity contribution in [3.05, 3.63) is 54.4 Å². The third kappa shape index (κ3) is 4.34. The molecule has 27 heavy (non-hydrogen) atoms. The van der Waals surface area contributed by atoms with E-state index in [1.165, 1.54) is 0 Å². The molecule has 0 radical (unpaired) electrons. The Labute approximate surface area is 163 Å². The Balaban J connectivity index is 1.30. The number of anilines is 1. The SMILES string of the molecule is CSc1cccc(NC(=O)CN2CCC(c3nc4ccccc4o3)CC2)c1. The van der Waals surface area contributed by atoms with Crippen molar-refractivity contribution in [3.8, 4) is 0 Å². The maximum absolute atomic E-state index is 12.4. The molecule has 1 N–H and O–H groups in total. The summed E-state index contributed by atoms with van der Waals surface area (Å²) >= 11 is 1.67. The highest BCUT2D eigenvalue weighted by molar-refractivity contribution is 7.98. The molecule has 1 aliphatic heterocycles. The van der Waals surface area contributed by atoms with E-state index >= 15 is 0 Å². The number of thioether (sulfide) groups is 1. The number of carbonyl (C=O) groups is 1. The van der Waals surface area contributed by atoms with Crippen molar-refractivity contribution in [2.24, 2.45) is 0 Å². The standard InChI is InChI=1S/C21H23N3O2S/c1-27-17-6-4-5-16(13-17)22-20(25)14-24-11-9-15(10-12-24)21-23-18-7-2-3-8-19(18)26-21/h2-8,13,15H,9-12,14H2,1H3,(H,22,25). The minimum absolute atomic E-state index is 0.0357. The number of aromatic nitrogens is 1. The predicted molar refractivity (Wildman–Crippen MR) is 109 cm³/mol. The number of likely N-dealkylation sites (tertiary alicyclic amines) is 1. The van der Waals surface area contributed by atoms with Gasteiger partial charge >= 0.3 is 0 Å². The normalized spacial score (nSPS) is 15.9. The Kier molecular flexibility index (Phi) is 5.45. The molecule has 3 aromatic rings. The molecule has 0 spiro atoms. The van der Waals surface area contributed by atoms with Gasteiger partial charge in [-0.1, -0.05) is 18.2 Å². The van der Waals surface area contributed by atoms with Gasteiger partial charge in [0.05, 0.1) is 6.54 Å². The first-order chi connectivity index (χ1) is 13.2. The summed E-state index contributed by atoms with van der Waals surface area (Å²) in [4.78, 5) is 20.3. The largest absolute Gasteiger partial charge is 0.440 e. The van der Waals surface area contributed by atoms with Gasteiger partial charge in [-0.15, -0.1) is 11.8 Å². The Morgan fingerprint density at radius 2 is 2.04 bits per heavy atom. The molecule has 1 aliphatic rings. The smallest absolute Gasteiger partial charge is 0.238 e. The van der Waals surface area contributed by atoms with Crippen LogP contribution in [0.3, 0.4) is 0 Å². The van der Waals surface area contributed by atoms with Gasteiger partial charge in [-0.3, -0.25) is 9.69 Å². The van der Waals surface area contributed by atoms with E-state index in [0.717, 1.165) is 53.5 Å². The van der Waals surface area contributed by atoms with E-state index in [9.17, 15) is 4.79 Å². The highest BCUT2D eigenvalue weighted by atomic mass is 32.2. The summed E-state index contributed by atoms with van der Waals surface area (Å²) < 4.78 is 5.91. The lowest BCUT2D eigenvalue weighted by atomic mass is 9.97. The lowest BCUT2D eigenvalue weighted by Gasteiger charge is -2.29. The number of nitrogens with one attached hydrogen (secondary N) is 1. The van der Waals surface area contributed by atoms with E-state index in [4.69, 9.17) is 4.42 Å². The Bertz CT molecular complexity index is 899. The van der Waals surface area contributed by atoms with Gasteiger partial charge in [-0.2, -0.15) is 0 Å². The van der Waals surface area contributed by atoms with E-state index in [1.807, 2.05) is 54.8 Å². The van der Waals surface area contributed by atoms with Crippen molar-refractivity contribution in [1.29, 1.82) is 0 Å². The summed E-state index contributed by atoms with van der Waals surface area (Å²) in [6.45, 7) is 2.17. The average molecular weight is 382 g/mol. The highest BCUT2D eigenvalue weighted by Crippen LogP contribution is 2.29. The predicted octanol–water partition coefficient (Wildman–Crippen LogP) is 4.37. The summed E-state index contributed by atoms with van der Waals surface area (Å²) in [5, 5.41) is 3.00. The minimum Gasteiger partial charge on any atom is -0.440 e. The van der Waals surface area contributed by atoms with Crippen LogP contribution in [-0.2, 0) is 4.79 Å². The number of carbonyl (C=O) groups excluding carboxylic acids is 1. The van der Waals surface area contributed by atoms with Crippen molar-refractivity contribution in [2.45, 2.75) is 23.7 Å². The van der Waals surface area contributed by atoms with Crippen molar-refractivity contribution < 1.29 is 9.21 Å². The van der Waals surface area contributed by atoms with Crippen LogP contribution in [0.1, 0.15) is 24.7 Å². The van der Waals surface area contributed by atoms with Gasteiger partial charge in [0.2, 0.25) is 5.91 Å². The fourth-order valence-corrected chi connectivity index (χ4v) is 3.97. The first-order valence-electron chi connectivity index (χ1n) is 9.23. The van der Waals surface area contributed by atoms with Crippen LogP contribution >= 0.6 is 11.8 Å². The average Bonchev–Trinajstić information content (AvgIpc) is 3.13. The Morgan fingerprint density at radius 1 is 1.22 bits per heavy atom. The lowest BCUT2D eigenvalue weighted by Crippen LogP contribution is -2.38. The van der Waals surface area contributed by atoms with Crippen LogP contribution in [0.5, 0.6) is 0 Å². The molecule has 1 saturated heterocycles. The summed E-state index contributed by atoms with van der Waals surface area (Å²) in [6, 6.07) is 15.8. The van der Waals surface area contributed by atoms with Crippen LogP contribution in [0, 0.1) is 0 Å². The zero-order chi connectivity index (χ0) is 18.6. The van der Waals surface area contributed by atoms with E-state index in [1.54, 1.807) is 11.8 Å². The molecule has 1 fully saturated rings. The molecular weight excluding hydrogens is 358 g/mol. The first kappa shape index (κ1) is 18.1. The number of rotatable bonds is 5. The summed E-state index contributed by atoms with van der Waals surface area (Å²) in [5.41, 5.74) is 2.62. The van der Waals surface area contributed by atoms with Gasteiger partial charge in [0.1, 0.15) is 5.52 Å². The minimum atomic E-state index is 0.0357. The van der Waals surface area contributed by atoms with Crippen LogP contribution in [0.4, 0.5) is 5.69 Å². The Morgan fingerprint density at radius 3 is 2.81 bits per heavy atom. The molecule has 6 heteroatoms. The number of nitrogens with zero attached hydrogens (tertiary/aromatic N) is 2. The molecule has 2 aromatic carbocycles. The molecule has 140 valence electrons. The number of hydrogen-bond donors (Lipinski definition) is 1. The lowest BCUT2D eigenvalue weighted by molar-refractivity contribution is -0.117. The number of fused-ring (bicyclic) bond motifs is 1. The molecule has 5 nitrogen and oxygen atoms in total. The summed E-state index contributed by atoms with van der Waals surface area (Å²) in [7, 11) is 0. The van der Waals surface area contributed by atoms with Crippen molar-refractivity contribution in [3.63, 3.8) is 0 Å². The van der Waals surface area contributed by atoms with Crippen molar-refractivity contribution in [1.82, 2.24) is 9.88 Å². The summed E-state index contributed by atoms with van der Waals surface area (Å²) in [5.74, 6) is 1.19. The number of benzene rings is 2. The fourth-order valence-electron chi connectivity index (χ4n) is 3.51. The van der Waals surface area contributed by atoms with E-state index < -0.39 is 0 Å². The fraction of sp³-hybridized carbons (Fsp3) is 0.333. The Hall–Kier alpha value is -2.31. The van der Waals surface area contributed by atoms with Gasteiger partial charge in [0, 0.05) is 16.5 Å². The van der Waals surface area contributed by atoms with Gasteiger partial charge in [-0.05, 0) is 62.5 Å². The molecule has 4 rings (SSSR count). The van der Waals surface area contributed by atoms with Crippen molar-refractivity contribution >= 4 is 34.5 Å². The zero-order valence-electron chi connectivity index (χ0n) is 15.4. The maximum atomic E-state index is 12.4. The number of para-hydroxylation sites is 2. The van der Waals surface area contributed by atoms with E-state index in [0.29, 0.717) is 12.5 Å². The molecule has 0 atom stereocenters. The molecule has 1 aromatic heterocycles. The first-order valence-corrected chi connectivity index (χ1v) is 10.5. The second-order valence-electron chi connectivity index (χ2n) is 6.85. The monoisotopic (exact) mass is 381 g/mol. The molecule has 2 heterocycles. The number of hydrogen-bond acceptors (Lipinski definition) is 5. The maximum Gasteiger partial charge on any atom is 0.238 e. The molecular formula is C21H23N3O2S. The third-order valence-electron chi connectivity index (χ3n) is 4.97. The number of oxazole rings is 1. The number of amides is 1. The van der Waals surface area contributed by atoms with E-state index in [2.05, 4.69) is 15.2 Å². The highest BCUT2D eigenvalue weighted by Gasteiger charge is 2.25.